The number of carboxylic acid groups (broad SMARTS) is 2. The number of aryl methyl sites for hydroxylation is 2. The Kier molecular flexibility index (Phi) is 7.66. The van der Waals surface area contributed by atoms with E-state index >= 15 is 0 Å². The van der Waals surface area contributed by atoms with E-state index in [0.717, 1.165) is 69.7 Å². The maximum absolute atomic E-state index is 12.7. The van der Waals surface area contributed by atoms with Crippen LogP contribution in [0.25, 0.3) is 39.3 Å². The van der Waals surface area contributed by atoms with Crippen LogP contribution in [0.2, 0.25) is 0 Å². The summed E-state index contributed by atoms with van der Waals surface area (Å²) in [4.78, 5) is 41.9. The van der Waals surface area contributed by atoms with Gasteiger partial charge in [0.25, 0.3) is 0 Å². The number of aromatic amines is 2. The highest BCUT2D eigenvalue weighted by Gasteiger charge is 2.32. The molecule has 218 valence electrons. The van der Waals surface area contributed by atoms with Crippen LogP contribution in [-0.2, 0) is 11.2 Å². The molecule has 0 aromatic carbocycles. The molecule has 5 rings (SSSR count). The number of aromatic carboxylic acids is 1. The summed E-state index contributed by atoms with van der Waals surface area (Å²) in [5, 5.41) is 20.4. The van der Waals surface area contributed by atoms with E-state index in [4.69, 9.17) is 9.97 Å². The third-order valence-corrected chi connectivity index (χ3v) is 8.88. The lowest BCUT2D eigenvalue weighted by Gasteiger charge is -2.17. The molecule has 0 saturated heterocycles. The molecular weight excluding hydrogens is 528 g/mol. The molecule has 42 heavy (non-hydrogen) atoms. The number of aromatic nitrogens is 4. The number of carboxylic acids is 2. The largest absolute Gasteiger partial charge is 0.481 e. The van der Waals surface area contributed by atoms with Crippen molar-refractivity contribution in [3.63, 3.8) is 0 Å². The second kappa shape index (κ2) is 11.1. The Morgan fingerprint density at radius 3 is 2.29 bits per heavy atom. The predicted octanol–water partition coefficient (Wildman–Crippen LogP) is 7.93. The molecule has 0 spiro atoms. The van der Waals surface area contributed by atoms with E-state index in [1.807, 2.05) is 38.1 Å². The van der Waals surface area contributed by atoms with Crippen LogP contribution in [0, 0.1) is 13.8 Å². The molecule has 2 aliphatic heterocycles. The van der Waals surface area contributed by atoms with Crippen molar-refractivity contribution in [2.75, 3.05) is 0 Å². The summed E-state index contributed by atoms with van der Waals surface area (Å²) in [5.74, 6) is -2.21. The van der Waals surface area contributed by atoms with Gasteiger partial charge in [-0.05, 0) is 74.1 Å². The maximum Gasteiger partial charge on any atom is 0.338 e. The van der Waals surface area contributed by atoms with Gasteiger partial charge in [-0.15, -0.1) is 0 Å². The molecule has 0 fully saturated rings. The van der Waals surface area contributed by atoms with Crippen LogP contribution < -0.4 is 0 Å². The molecule has 3 aromatic rings. The molecule has 0 aliphatic carbocycles. The Morgan fingerprint density at radius 1 is 0.976 bits per heavy atom. The number of nitrogens with zero attached hydrogens (tertiary/aromatic N) is 2. The van der Waals surface area contributed by atoms with Gasteiger partial charge in [0.1, 0.15) is 0 Å². The molecule has 5 heterocycles. The summed E-state index contributed by atoms with van der Waals surface area (Å²) >= 11 is 0. The minimum Gasteiger partial charge on any atom is -0.481 e. The Bertz CT molecular complexity index is 1840. The first-order chi connectivity index (χ1) is 20.0. The van der Waals surface area contributed by atoms with Crippen LogP contribution >= 0.6 is 0 Å². The van der Waals surface area contributed by atoms with Crippen molar-refractivity contribution >= 4 is 51.2 Å². The normalized spacial score (nSPS) is 16.6. The monoisotopic (exact) mass is 566 g/mol. The number of fused-ring (bicyclic) bond motifs is 8. The highest BCUT2D eigenvalue weighted by atomic mass is 16.4. The highest BCUT2D eigenvalue weighted by Crippen LogP contribution is 2.43. The van der Waals surface area contributed by atoms with E-state index in [-0.39, 0.29) is 23.8 Å². The first-order valence-electron chi connectivity index (χ1n) is 14.6. The van der Waals surface area contributed by atoms with Crippen LogP contribution in [-0.4, -0.2) is 42.1 Å². The molecule has 2 atom stereocenters. The Hall–Kier alpha value is -4.46. The van der Waals surface area contributed by atoms with Gasteiger partial charge >= 0.3 is 11.9 Å². The van der Waals surface area contributed by atoms with Crippen molar-refractivity contribution in [1.29, 1.82) is 0 Å². The van der Waals surface area contributed by atoms with Crippen LogP contribution in [0.4, 0.5) is 0 Å². The van der Waals surface area contributed by atoms with Gasteiger partial charge in [0.2, 0.25) is 0 Å². The first kappa shape index (κ1) is 29.0. The summed E-state index contributed by atoms with van der Waals surface area (Å²) in [7, 11) is 0. The second-order valence-corrected chi connectivity index (χ2v) is 11.3. The first-order valence-corrected chi connectivity index (χ1v) is 14.6. The summed E-state index contributed by atoms with van der Waals surface area (Å²) in [6, 6.07) is 5.97. The molecule has 8 bridgehead atoms. The van der Waals surface area contributed by atoms with Gasteiger partial charge in [-0.2, -0.15) is 0 Å². The van der Waals surface area contributed by atoms with E-state index in [9.17, 15) is 19.8 Å². The van der Waals surface area contributed by atoms with Crippen molar-refractivity contribution in [2.24, 2.45) is 0 Å². The number of hydrogen-bond acceptors (Lipinski definition) is 4. The number of rotatable bonds is 7. The molecule has 8 nitrogen and oxygen atoms in total. The zero-order valence-corrected chi connectivity index (χ0v) is 25.1. The molecule has 0 amide bonds. The molecule has 2 unspecified atom stereocenters. The summed E-state index contributed by atoms with van der Waals surface area (Å²) in [6.07, 6.45) is 3.92. The fourth-order valence-electron chi connectivity index (χ4n) is 6.56. The van der Waals surface area contributed by atoms with Crippen LogP contribution in [0.15, 0.2) is 24.8 Å². The molecule has 4 N–H and O–H groups in total. The lowest BCUT2D eigenvalue weighted by molar-refractivity contribution is -0.136. The Balaban J connectivity index is 2.07. The number of H-pyrrole nitrogens is 2. The van der Waals surface area contributed by atoms with Crippen molar-refractivity contribution in [3.05, 3.63) is 75.4 Å². The Morgan fingerprint density at radius 2 is 1.67 bits per heavy atom. The van der Waals surface area contributed by atoms with E-state index in [1.165, 1.54) is 0 Å². The van der Waals surface area contributed by atoms with Gasteiger partial charge in [0.05, 0.1) is 34.6 Å². The van der Waals surface area contributed by atoms with Crippen molar-refractivity contribution in [3.8, 4) is 0 Å². The van der Waals surface area contributed by atoms with Gasteiger partial charge in [0.15, 0.2) is 0 Å². The van der Waals surface area contributed by atoms with Gasteiger partial charge in [-0.1, -0.05) is 39.8 Å². The number of allylic oxidation sites excluding steroid dienone is 2. The highest BCUT2D eigenvalue weighted by molar-refractivity contribution is 6.02. The SMILES string of the molecule is C=Cc1c(C)c2cc3nc(c(CC(=O)O)c4[nH]c(cc5nc(cc1[nH]2)C(C)=C5CC)c(C)c4C(=O)O)C(CCC)C3C. The molecule has 2 aliphatic rings. The average Bonchev–Trinajstić information content (AvgIpc) is 3.61. The fourth-order valence-corrected chi connectivity index (χ4v) is 6.56. The zero-order chi connectivity index (χ0) is 30.5. The van der Waals surface area contributed by atoms with E-state index in [2.05, 4.69) is 37.3 Å². The minimum atomic E-state index is -1.11. The van der Waals surface area contributed by atoms with Crippen LogP contribution in [0.3, 0.4) is 0 Å². The lowest BCUT2D eigenvalue weighted by atomic mass is 9.85. The minimum absolute atomic E-state index is 0.00495. The van der Waals surface area contributed by atoms with E-state index in [1.54, 1.807) is 6.92 Å². The lowest BCUT2D eigenvalue weighted by Crippen LogP contribution is -2.10. The number of nitrogens with one attached hydrogen (secondary N) is 2. The summed E-state index contributed by atoms with van der Waals surface area (Å²) in [6.45, 7) is 16.2. The third kappa shape index (κ3) is 4.74. The maximum atomic E-state index is 12.7. The topological polar surface area (TPSA) is 132 Å². The van der Waals surface area contributed by atoms with Gasteiger partial charge in [0, 0.05) is 45.2 Å². The molecular formula is C34H38N4O4. The third-order valence-electron chi connectivity index (χ3n) is 8.88. The van der Waals surface area contributed by atoms with Gasteiger partial charge in [-0.25, -0.2) is 9.78 Å². The smallest absolute Gasteiger partial charge is 0.338 e. The molecule has 3 aromatic heterocycles. The summed E-state index contributed by atoms with van der Waals surface area (Å²) in [5.41, 5.74) is 10.9. The van der Waals surface area contributed by atoms with Crippen molar-refractivity contribution in [1.82, 2.24) is 19.9 Å². The molecule has 8 heteroatoms. The van der Waals surface area contributed by atoms with E-state index in [0.29, 0.717) is 27.9 Å². The quantitative estimate of drug-likeness (QED) is 0.230. The zero-order valence-electron chi connectivity index (χ0n) is 25.1. The molecule has 0 saturated carbocycles. The van der Waals surface area contributed by atoms with Gasteiger partial charge < -0.3 is 20.2 Å². The number of aliphatic carboxylic acids is 1. The van der Waals surface area contributed by atoms with Crippen molar-refractivity contribution in [2.45, 2.75) is 79.1 Å². The Labute approximate surface area is 245 Å². The van der Waals surface area contributed by atoms with Crippen LogP contribution in [0.1, 0.15) is 114 Å². The molecule has 0 radical (unpaired) electrons. The number of carbonyl (C=O) groups is 2. The standard InChI is InChI=1S/C34H38N4O4/c1-8-11-22-18(6)26-13-24-16(4)20(9-2)28(35-24)14-25-17(5)21(10-3)29(36-25)15-27-19(7)31(34(41)42)33(38-27)23(12-30(39)40)32(22)37-26/h9,13-15,18,22,35,38H,2,8,10-12H2,1,3-7H3,(H,39,40)(H,41,42). The average molecular weight is 567 g/mol. The fraction of sp³-hybridized carbons (Fsp3) is 0.353. The van der Waals surface area contributed by atoms with Crippen molar-refractivity contribution < 1.29 is 19.8 Å². The number of hydrogen-bond donors (Lipinski definition) is 4. The predicted molar refractivity (Wildman–Crippen MR) is 168 cm³/mol. The second-order valence-electron chi connectivity index (χ2n) is 11.3. The van der Waals surface area contributed by atoms with E-state index < -0.39 is 11.9 Å². The summed E-state index contributed by atoms with van der Waals surface area (Å²) < 4.78 is 0. The van der Waals surface area contributed by atoms with Crippen LogP contribution in [0.5, 0.6) is 0 Å². The van der Waals surface area contributed by atoms with Gasteiger partial charge in [-0.3, -0.25) is 9.78 Å².